The van der Waals surface area contributed by atoms with E-state index in [0.717, 1.165) is 30.4 Å². The molecule has 128 valence electrons. The number of fused-ring (bicyclic) bond motifs is 2. The molecule has 0 radical (unpaired) electrons. The third-order valence-corrected chi connectivity index (χ3v) is 6.22. The van der Waals surface area contributed by atoms with E-state index >= 15 is 0 Å². The van der Waals surface area contributed by atoms with Crippen LogP contribution >= 0.6 is 0 Å². The number of nitro benzene ring substituents is 1. The Hall–Kier alpha value is -2.17. The molecule has 3 rings (SSSR count). The van der Waals surface area contributed by atoms with E-state index in [4.69, 9.17) is 0 Å². The molecule has 2 aliphatic carbocycles. The molecule has 5 nitrogen and oxygen atoms in total. The average molecular weight is 328 g/mol. The maximum atomic E-state index is 13.1. The predicted molar refractivity (Wildman–Crippen MR) is 93.9 cm³/mol. The van der Waals surface area contributed by atoms with Crippen molar-refractivity contribution in [3.05, 3.63) is 45.5 Å². The van der Waals surface area contributed by atoms with E-state index in [1.807, 2.05) is 13.0 Å². The van der Waals surface area contributed by atoms with Crippen molar-refractivity contribution in [3.8, 4) is 0 Å². The first-order chi connectivity index (χ1) is 11.1. The molecule has 0 spiro atoms. The van der Waals surface area contributed by atoms with Gasteiger partial charge in [-0.1, -0.05) is 32.1 Å². The normalized spacial score (nSPS) is 27.3. The Morgan fingerprint density at radius 2 is 2.04 bits per heavy atom. The van der Waals surface area contributed by atoms with Crippen LogP contribution in [-0.2, 0) is 4.79 Å². The minimum Gasteiger partial charge on any atom is -0.319 e. The molecular formula is C19H24N2O3. The maximum Gasteiger partial charge on any atom is 0.293 e. The maximum absolute atomic E-state index is 13.1. The van der Waals surface area contributed by atoms with Gasteiger partial charge in [0.25, 0.3) is 5.69 Å². The number of nitrogens with zero attached hydrogens (tertiary/aromatic N) is 1. The van der Waals surface area contributed by atoms with Gasteiger partial charge in [0.05, 0.1) is 10.3 Å². The predicted octanol–water partition coefficient (Wildman–Crippen LogP) is 4.53. The SMILES string of the molecule is C=C1C(C)(C)[C@H]2CC[C@@]1(C(=O)Nc1c(C)cc(C)cc1[N+](=O)[O-])C2. The molecule has 1 amide bonds. The minimum absolute atomic E-state index is 0.0466. The largest absolute Gasteiger partial charge is 0.319 e. The number of hydrogen-bond donors (Lipinski definition) is 1. The Kier molecular flexibility index (Phi) is 3.59. The van der Waals surface area contributed by atoms with Crippen LogP contribution in [0.3, 0.4) is 0 Å². The summed E-state index contributed by atoms with van der Waals surface area (Å²) >= 11 is 0. The number of nitrogens with one attached hydrogen (secondary N) is 1. The number of rotatable bonds is 3. The highest BCUT2D eigenvalue weighted by Crippen LogP contribution is 2.65. The zero-order valence-corrected chi connectivity index (χ0v) is 14.7. The first-order valence-electron chi connectivity index (χ1n) is 8.36. The minimum atomic E-state index is -0.584. The first-order valence-corrected chi connectivity index (χ1v) is 8.36. The molecule has 0 saturated heterocycles. The number of amides is 1. The topological polar surface area (TPSA) is 72.2 Å². The number of hydrogen-bond acceptors (Lipinski definition) is 3. The lowest BCUT2D eigenvalue weighted by Crippen LogP contribution is -2.37. The third kappa shape index (κ3) is 2.18. The van der Waals surface area contributed by atoms with Crippen molar-refractivity contribution in [2.45, 2.75) is 47.0 Å². The number of carbonyl (C=O) groups excluding carboxylic acids is 1. The number of carbonyl (C=O) groups is 1. The zero-order chi connectivity index (χ0) is 17.9. The van der Waals surface area contributed by atoms with E-state index in [-0.39, 0.29) is 17.0 Å². The summed E-state index contributed by atoms with van der Waals surface area (Å²) in [6, 6.07) is 3.36. The summed E-state index contributed by atoms with van der Waals surface area (Å²) in [5.41, 5.74) is 2.12. The number of aryl methyl sites for hydroxylation is 2. The molecule has 1 N–H and O–H groups in total. The second-order valence-corrected chi connectivity index (χ2v) is 7.91. The Balaban J connectivity index is 1.97. The average Bonchev–Trinajstić information content (AvgIpc) is 3.01. The van der Waals surface area contributed by atoms with Crippen molar-refractivity contribution in [3.63, 3.8) is 0 Å². The summed E-state index contributed by atoms with van der Waals surface area (Å²) in [7, 11) is 0. The molecule has 1 aromatic carbocycles. The Bertz CT molecular complexity index is 766. The fraction of sp³-hybridized carbons (Fsp3) is 0.526. The lowest BCUT2D eigenvalue weighted by Gasteiger charge is -2.37. The Morgan fingerprint density at radius 3 is 2.58 bits per heavy atom. The van der Waals surface area contributed by atoms with Gasteiger partial charge in [0.1, 0.15) is 5.69 Å². The summed E-state index contributed by atoms with van der Waals surface area (Å²) < 4.78 is 0. The Labute approximate surface area is 142 Å². The molecule has 2 fully saturated rings. The molecule has 2 atom stereocenters. The van der Waals surface area contributed by atoms with Gasteiger partial charge in [0, 0.05) is 6.07 Å². The zero-order valence-electron chi connectivity index (χ0n) is 14.7. The number of nitro groups is 1. The van der Waals surface area contributed by atoms with Crippen molar-refractivity contribution < 1.29 is 9.72 Å². The molecule has 2 bridgehead atoms. The van der Waals surface area contributed by atoms with Gasteiger partial charge in [0.2, 0.25) is 5.91 Å². The Morgan fingerprint density at radius 1 is 1.38 bits per heavy atom. The van der Waals surface area contributed by atoms with Crippen molar-refractivity contribution in [1.29, 1.82) is 0 Å². The van der Waals surface area contributed by atoms with E-state index in [1.54, 1.807) is 6.92 Å². The van der Waals surface area contributed by atoms with Gasteiger partial charge in [-0.3, -0.25) is 14.9 Å². The van der Waals surface area contributed by atoms with Gasteiger partial charge in [0.15, 0.2) is 0 Å². The lowest BCUT2D eigenvalue weighted by atomic mass is 9.68. The highest BCUT2D eigenvalue weighted by molar-refractivity contribution is 6.00. The van der Waals surface area contributed by atoms with Crippen LogP contribution in [0.15, 0.2) is 24.3 Å². The molecule has 0 aliphatic heterocycles. The van der Waals surface area contributed by atoms with Gasteiger partial charge < -0.3 is 5.32 Å². The van der Waals surface area contributed by atoms with Gasteiger partial charge in [-0.15, -0.1) is 0 Å². The van der Waals surface area contributed by atoms with Gasteiger partial charge >= 0.3 is 0 Å². The van der Waals surface area contributed by atoms with Crippen LogP contribution in [0.5, 0.6) is 0 Å². The van der Waals surface area contributed by atoms with E-state index in [9.17, 15) is 14.9 Å². The standard InChI is InChI=1S/C19H24N2O3/c1-11-8-12(2)16(15(9-11)21(23)24)20-17(22)19-7-6-14(10-19)18(4,5)13(19)3/h8-9,14H,3,6-7,10H2,1-2,4-5H3,(H,20,22)/t14-,19+/m0/s1. The molecular weight excluding hydrogens is 304 g/mol. The van der Waals surface area contributed by atoms with Crippen LogP contribution < -0.4 is 5.32 Å². The number of benzene rings is 1. The highest BCUT2D eigenvalue weighted by atomic mass is 16.6. The quantitative estimate of drug-likeness (QED) is 0.503. The van der Waals surface area contributed by atoms with Crippen LogP contribution in [0.4, 0.5) is 11.4 Å². The molecule has 2 saturated carbocycles. The fourth-order valence-corrected chi connectivity index (χ4v) is 4.63. The van der Waals surface area contributed by atoms with Crippen LogP contribution in [0, 0.1) is 40.7 Å². The summed E-state index contributed by atoms with van der Waals surface area (Å²) in [6.07, 6.45) is 2.59. The lowest BCUT2D eigenvalue weighted by molar-refractivity contribution is -0.384. The van der Waals surface area contributed by atoms with E-state index in [0.29, 0.717) is 17.2 Å². The first kappa shape index (κ1) is 16.7. The van der Waals surface area contributed by atoms with Crippen LogP contribution in [0.25, 0.3) is 0 Å². The summed E-state index contributed by atoms with van der Waals surface area (Å²) in [6.45, 7) is 12.1. The van der Waals surface area contributed by atoms with Crippen LogP contribution in [0.2, 0.25) is 0 Å². The van der Waals surface area contributed by atoms with Gasteiger partial charge in [-0.05, 0) is 55.6 Å². The van der Waals surface area contributed by atoms with Crippen LogP contribution in [-0.4, -0.2) is 10.8 Å². The molecule has 2 aliphatic rings. The van der Waals surface area contributed by atoms with Crippen molar-refractivity contribution >= 4 is 17.3 Å². The van der Waals surface area contributed by atoms with E-state index < -0.39 is 10.3 Å². The van der Waals surface area contributed by atoms with Crippen molar-refractivity contribution in [1.82, 2.24) is 0 Å². The van der Waals surface area contributed by atoms with E-state index in [2.05, 4.69) is 25.7 Å². The van der Waals surface area contributed by atoms with Crippen molar-refractivity contribution in [2.75, 3.05) is 5.32 Å². The second-order valence-electron chi connectivity index (χ2n) is 7.91. The second kappa shape index (κ2) is 5.16. The molecule has 0 heterocycles. The molecule has 0 unspecified atom stereocenters. The third-order valence-electron chi connectivity index (χ3n) is 6.22. The van der Waals surface area contributed by atoms with Gasteiger partial charge in [-0.25, -0.2) is 0 Å². The smallest absolute Gasteiger partial charge is 0.293 e. The molecule has 5 heteroatoms. The number of anilines is 1. The summed E-state index contributed by atoms with van der Waals surface area (Å²) in [5, 5.41) is 14.3. The van der Waals surface area contributed by atoms with E-state index in [1.165, 1.54) is 6.07 Å². The fourth-order valence-electron chi connectivity index (χ4n) is 4.63. The van der Waals surface area contributed by atoms with Gasteiger partial charge in [-0.2, -0.15) is 0 Å². The monoisotopic (exact) mass is 328 g/mol. The van der Waals surface area contributed by atoms with Crippen molar-refractivity contribution in [2.24, 2.45) is 16.7 Å². The van der Waals surface area contributed by atoms with Crippen LogP contribution in [0.1, 0.15) is 44.2 Å². The molecule has 0 aromatic heterocycles. The molecule has 1 aromatic rings. The molecule has 24 heavy (non-hydrogen) atoms. The summed E-state index contributed by atoms with van der Waals surface area (Å²) in [5.74, 6) is 0.320. The highest BCUT2D eigenvalue weighted by Gasteiger charge is 2.61. The summed E-state index contributed by atoms with van der Waals surface area (Å²) in [4.78, 5) is 24.1.